The molecule has 0 spiro atoms. The van der Waals surface area contributed by atoms with Crippen LogP contribution >= 0.6 is 11.8 Å². The minimum Gasteiger partial charge on any atom is -0.462 e. The molecule has 8 heteroatoms. The number of nitrogen functional groups attached to an aromatic ring is 1. The second-order valence-corrected chi connectivity index (χ2v) is 4.47. The Morgan fingerprint density at radius 3 is 2.95 bits per heavy atom. The molecule has 0 aliphatic heterocycles. The first-order chi connectivity index (χ1) is 9.10. The largest absolute Gasteiger partial charge is 0.462 e. The van der Waals surface area contributed by atoms with E-state index in [0.717, 1.165) is 11.8 Å². The number of hydrogen-bond acceptors (Lipinski definition) is 8. The molecule has 2 heterocycles. The summed E-state index contributed by atoms with van der Waals surface area (Å²) in [6.45, 7) is 3.68. The first-order valence-corrected chi connectivity index (χ1v) is 6.32. The van der Waals surface area contributed by atoms with Crippen LogP contribution in [-0.4, -0.2) is 27.8 Å². The molecule has 2 rings (SSSR count). The van der Waals surface area contributed by atoms with Gasteiger partial charge in [0, 0.05) is 6.92 Å². The Hall–Kier alpha value is -2.09. The van der Waals surface area contributed by atoms with Gasteiger partial charge < -0.3 is 14.9 Å². The van der Waals surface area contributed by atoms with Crippen LogP contribution in [-0.2, 0) is 4.74 Å². The normalized spacial score (nSPS) is 10.4. The van der Waals surface area contributed by atoms with Crippen molar-refractivity contribution in [3.05, 3.63) is 23.7 Å². The number of nitrogens with zero attached hydrogens (tertiary/aromatic N) is 3. The number of hydrogen-bond donors (Lipinski definition) is 1. The fourth-order valence-electron chi connectivity index (χ4n) is 1.31. The fourth-order valence-corrected chi connectivity index (χ4v) is 2.07. The predicted octanol–water partition coefficient (Wildman–Crippen LogP) is 1.68. The van der Waals surface area contributed by atoms with Gasteiger partial charge in [-0.15, -0.1) is 10.2 Å². The highest BCUT2D eigenvalue weighted by Gasteiger charge is 2.17. The van der Waals surface area contributed by atoms with Crippen molar-refractivity contribution >= 4 is 23.4 Å². The second-order valence-electron chi connectivity index (χ2n) is 3.53. The minimum absolute atomic E-state index is 0.275. The van der Waals surface area contributed by atoms with E-state index in [2.05, 4.69) is 15.2 Å². The summed E-state index contributed by atoms with van der Waals surface area (Å²) >= 11 is 1.09. The van der Waals surface area contributed by atoms with Gasteiger partial charge >= 0.3 is 5.97 Å². The zero-order valence-electron chi connectivity index (χ0n) is 10.4. The van der Waals surface area contributed by atoms with Gasteiger partial charge in [0.25, 0.3) is 5.22 Å². The number of pyridine rings is 1. The van der Waals surface area contributed by atoms with Crippen LogP contribution in [0.3, 0.4) is 0 Å². The number of carbonyl (C=O) groups is 1. The van der Waals surface area contributed by atoms with Gasteiger partial charge in [-0.1, -0.05) is 0 Å². The van der Waals surface area contributed by atoms with Crippen molar-refractivity contribution in [2.75, 3.05) is 12.3 Å². The summed E-state index contributed by atoms with van der Waals surface area (Å²) in [7, 11) is 0. The molecule has 100 valence electrons. The van der Waals surface area contributed by atoms with E-state index in [9.17, 15) is 4.79 Å². The maximum atomic E-state index is 11.8. The highest BCUT2D eigenvalue weighted by molar-refractivity contribution is 7.99. The van der Waals surface area contributed by atoms with Crippen LogP contribution in [0, 0.1) is 6.92 Å². The zero-order valence-corrected chi connectivity index (χ0v) is 11.2. The fraction of sp³-hybridized carbons (Fsp3) is 0.273. The molecule has 0 aliphatic rings. The van der Waals surface area contributed by atoms with Gasteiger partial charge in [-0.2, -0.15) is 0 Å². The highest BCUT2D eigenvalue weighted by Crippen LogP contribution is 2.29. The minimum atomic E-state index is -0.485. The van der Waals surface area contributed by atoms with E-state index >= 15 is 0 Å². The average molecular weight is 280 g/mol. The van der Waals surface area contributed by atoms with Crippen LogP contribution in [0.2, 0.25) is 0 Å². The van der Waals surface area contributed by atoms with Crippen molar-refractivity contribution in [3.63, 3.8) is 0 Å². The van der Waals surface area contributed by atoms with Gasteiger partial charge in [0.05, 0.1) is 24.1 Å². The maximum absolute atomic E-state index is 11.8. The van der Waals surface area contributed by atoms with E-state index in [0.29, 0.717) is 21.8 Å². The molecule has 2 aromatic rings. The van der Waals surface area contributed by atoms with E-state index in [1.165, 1.54) is 12.3 Å². The number of rotatable bonds is 4. The van der Waals surface area contributed by atoms with Crippen LogP contribution in [0.1, 0.15) is 23.2 Å². The number of aryl methyl sites for hydroxylation is 1. The number of esters is 1. The third-order valence-corrected chi connectivity index (χ3v) is 2.92. The van der Waals surface area contributed by atoms with E-state index in [-0.39, 0.29) is 12.2 Å². The first-order valence-electron chi connectivity index (χ1n) is 5.50. The monoisotopic (exact) mass is 280 g/mol. The predicted molar refractivity (Wildman–Crippen MR) is 67.8 cm³/mol. The average Bonchev–Trinajstić information content (AvgIpc) is 2.77. The molecular formula is C11H12N4O3S. The van der Waals surface area contributed by atoms with Crippen molar-refractivity contribution in [2.45, 2.75) is 24.1 Å². The van der Waals surface area contributed by atoms with Crippen molar-refractivity contribution < 1.29 is 13.9 Å². The summed E-state index contributed by atoms with van der Waals surface area (Å²) in [6, 6.07) is 1.51. The third kappa shape index (κ3) is 3.22. The Bertz CT molecular complexity index is 599. The molecule has 0 saturated carbocycles. The van der Waals surface area contributed by atoms with Crippen LogP contribution in [0.25, 0.3) is 0 Å². The third-order valence-electron chi connectivity index (χ3n) is 2.06. The molecule has 0 radical (unpaired) electrons. The van der Waals surface area contributed by atoms with Gasteiger partial charge in [-0.3, -0.25) is 0 Å². The number of carbonyl (C=O) groups excluding carboxylic acids is 1. The smallest absolute Gasteiger partial charge is 0.340 e. The van der Waals surface area contributed by atoms with Gasteiger partial charge in [-0.05, 0) is 24.8 Å². The Morgan fingerprint density at radius 2 is 2.32 bits per heavy atom. The van der Waals surface area contributed by atoms with Crippen LogP contribution < -0.4 is 5.73 Å². The topological polar surface area (TPSA) is 104 Å². The standard InChI is InChI=1S/C11H12N4O3S/c1-3-17-10(16)8-4-7(12)5-13-9(8)19-11-15-14-6(2)18-11/h4-5H,3,12H2,1-2H3. The summed E-state index contributed by atoms with van der Waals surface area (Å²) in [5.74, 6) is -0.0448. The molecule has 0 aliphatic carbocycles. The van der Waals surface area contributed by atoms with Crippen LogP contribution in [0.15, 0.2) is 26.9 Å². The second kappa shape index (κ2) is 5.70. The molecule has 0 amide bonds. The first kappa shape index (κ1) is 13.3. The molecule has 19 heavy (non-hydrogen) atoms. The molecule has 0 unspecified atom stereocenters. The summed E-state index contributed by atoms with van der Waals surface area (Å²) < 4.78 is 10.2. The van der Waals surface area contributed by atoms with Gasteiger partial charge in [0.2, 0.25) is 5.89 Å². The maximum Gasteiger partial charge on any atom is 0.340 e. The van der Waals surface area contributed by atoms with Gasteiger partial charge in [-0.25, -0.2) is 9.78 Å². The Morgan fingerprint density at radius 1 is 1.53 bits per heavy atom. The quantitative estimate of drug-likeness (QED) is 0.843. The van der Waals surface area contributed by atoms with Crippen molar-refractivity contribution in [1.29, 1.82) is 0 Å². The SMILES string of the molecule is CCOC(=O)c1cc(N)cnc1Sc1nnc(C)o1. The summed E-state index contributed by atoms with van der Waals surface area (Å²) in [4.78, 5) is 15.9. The van der Waals surface area contributed by atoms with Crippen LogP contribution in [0.4, 0.5) is 5.69 Å². The molecule has 0 atom stereocenters. The zero-order chi connectivity index (χ0) is 13.8. The number of anilines is 1. The lowest BCUT2D eigenvalue weighted by molar-refractivity contribution is 0.0521. The lowest BCUT2D eigenvalue weighted by Gasteiger charge is -2.06. The highest BCUT2D eigenvalue weighted by atomic mass is 32.2. The lowest BCUT2D eigenvalue weighted by atomic mass is 10.3. The number of aromatic nitrogens is 3. The molecule has 7 nitrogen and oxygen atoms in total. The Balaban J connectivity index is 2.31. The Kier molecular flexibility index (Phi) is 4.00. The summed E-state index contributed by atoms with van der Waals surface area (Å²) in [5.41, 5.74) is 6.29. The molecule has 0 bridgehead atoms. The van der Waals surface area contributed by atoms with Crippen LogP contribution in [0.5, 0.6) is 0 Å². The molecular weight excluding hydrogens is 268 g/mol. The molecule has 2 N–H and O–H groups in total. The summed E-state index contributed by atoms with van der Waals surface area (Å²) in [6.07, 6.45) is 1.45. The van der Waals surface area contributed by atoms with Crippen molar-refractivity contribution in [3.8, 4) is 0 Å². The number of ether oxygens (including phenoxy) is 1. The molecule has 0 fully saturated rings. The van der Waals surface area contributed by atoms with Gasteiger partial charge in [0.15, 0.2) is 0 Å². The molecule has 2 aromatic heterocycles. The number of nitrogens with two attached hydrogens (primary N) is 1. The van der Waals surface area contributed by atoms with E-state index in [1.807, 2.05) is 0 Å². The van der Waals surface area contributed by atoms with Crippen molar-refractivity contribution in [1.82, 2.24) is 15.2 Å². The molecule has 0 aromatic carbocycles. The van der Waals surface area contributed by atoms with E-state index < -0.39 is 5.97 Å². The molecule has 0 saturated heterocycles. The van der Waals surface area contributed by atoms with Crippen molar-refractivity contribution in [2.24, 2.45) is 0 Å². The lowest BCUT2D eigenvalue weighted by Crippen LogP contribution is -2.08. The van der Waals surface area contributed by atoms with E-state index in [1.54, 1.807) is 13.8 Å². The van der Waals surface area contributed by atoms with Gasteiger partial charge in [0.1, 0.15) is 5.03 Å². The Labute approximate surface area is 113 Å². The van der Waals surface area contributed by atoms with E-state index in [4.69, 9.17) is 14.9 Å². The summed E-state index contributed by atoms with van der Waals surface area (Å²) in [5, 5.41) is 8.26.